The van der Waals surface area contributed by atoms with Crippen molar-refractivity contribution in [2.45, 2.75) is 32.6 Å². The number of piperazine rings is 1. The van der Waals surface area contributed by atoms with Gasteiger partial charge in [0.05, 0.1) is 17.3 Å². The van der Waals surface area contributed by atoms with Crippen LogP contribution in [0.4, 0.5) is 17.6 Å². The summed E-state index contributed by atoms with van der Waals surface area (Å²) in [6.07, 6.45) is -4.60. The minimum Gasteiger partial charge on any atom is -0.340 e. The molecule has 0 atom stereocenters. The Bertz CT molecular complexity index is 876. The van der Waals surface area contributed by atoms with Crippen molar-refractivity contribution in [3.8, 4) is 0 Å². The molecular weight excluding hydrogens is 412 g/mol. The molecule has 0 unspecified atom stereocenters. The van der Waals surface area contributed by atoms with Crippen LogP contribution in [0.2, 0.25) is 5.02 Å². The van der Waals surface area contributed by atoms with Gasteiger partial charge in [0.15, 0.2) is 5.69 Å². The van der Waals surface area contributed by atoms with Crippen LogP contribution >= 0.6 is 11.6 Å². The van der Waals surface area contributed by atoms with E-state index in [-0.39, 0.29) is 30.4 Å². The van der Waals surface area contributed by atoms with Crippen LogP contribution in [0.25, 0.3) is 0 Å². The summed E-state index contributed by atoms with van der Waals surface area (Å²) in [5.74, 6) is -0.410. The molecule has 5 nitrogen and oxygen atoms in total. The van der Waals surface area contributed by atoms with Crippen molar-refractivity contribution in [3.05, 3.63) is 52.1 Å². The predicted molar refractivity (Wildman–Crippen MR) is 99.9 cm³/mol. The third-order valence-corrected chi connectivity index (χ3v) is 5.47. The second-order valence-corrected chi connectivity index (χ2v) is 7.35. The van der Waals surface area contributed by atoms with Crippen LogP contribution in [0.15, 0.2) is 24.3 Å². The van der Waals surface area contributed by atoms with Crippen molar-refractivity contribution in [3.63, 3.8) is 0 Å². The fourth-order valence-corrected chi connectivity index (χ4v) is 3.55. The number of alkyl halides is 3. The van der Waals surface area contributed by atoms with Crippen molar-refractivity contribution >= 4 is 17.5 Å². The first kappa shape index (κ1) is 21.6. The number of rotatable bonds is 5. The van der Waals surface area contributed by atoms with E-state index in [0.29, 0.717) is 38.3 Å². The van der Waals surface area contributed by atoms with Gasteiger partial charge < -0.3 is 4.90 Å². The summed E-state index contributed by atoms with van der Waals surface area (Å²) in [4.78, 5) is 16.2. The molecule has 0 bridgehead atoms. The molecule has 0 radical (unpaired) electrons. The summed E-state index contributed by atoms with van der Waals surface area (Å²) in [5.41, 5.74) is -0.342. The fourth-order valence-electron chi connectivity index (χ4n) is 3.31. The van der Waals surface area contributed by atoms with Gasteiger partial charge in [-0.1, -0.05) is 29.8 Å². The molecular formula is C19H21ClF4N4O. The molecule has 1 aromatic heterocycles. The van der Waals surface area contributed by atoms with E-state index in [4.69, 9.17) is 11.6 Å². The Hall–Kier alpha value is -2.13. The highest BCUT2D eigenvalue weighted by Crippen LogP contribution is 2.35. The lowest BCUT2D eigenvalue weighted by Gasteiger charge is -2.34. The van der Waals surface area contributed by atoms with Gasteiger partial charge in [-0.25, -0.2) is 4.39 Å². The summed E-state index contributed by atoms with van der Waals surface area (Å²) < 4.78 is 53.5. The number of nitrogens with zero attached hydrogens (tertiary/aromatic N) is 4. The molecule has 0 spiro atoms. The molecule has 3 rings (SSSR count). The molecule has 1 saturated heterocycles. The number of benzene rings is 1. The normalized spacial score (nSPS) is 15.7. The van der Waals surface area contributed by atoms with Crippen molar-refractivity contribution in [2.24, 2.45) is 0 Å². The maximum Gasteiger partial charge on any atom is 0.436 e. The van der Waals surface area contributed by atoms with Crippen LogP contribution in [-0.4, -0.2) is 51.7 Å². The lowest BCUT2D eigenvalue weighted by atomic mass is 10.2. The molecule has 2 heterocycles. The summed E-state index contributed by atoms with van der Waals surface area (Å²) in [5, 5.41) is 3.07. The monoisotopic (exact) mass is 432 g/mol. The highest BCUT2D eigenvalue weighted by molar-refractivity contribution is 6.31. The van der Waals surface area contributed by atoms with Gasteiger partial charge in [-0.15, -0.1) is 0 Å². The second kappa shape index (κ2) is 8.71. The average molecular weight is 433 g/mol. The Morgan fingerprint density at radius 2 is 1.83 bits per heavy atom. The molecule has 1 aromatic carbocycles. The average Bonchev–Trinajstić information content (AvgIpc) is 2.97. The van der Waals surface area contributed by atoms with E-state index in [1.165, 1.54) is 13.0 Å². The highest BCUT2D eigenvalue weighted by atomic mass is 35.5. The van der Waals surface area contributed by atoms with Gasteiger partial charge in [0, 0.05) is 44.7 Å². The molecule has 0 aliphatic carbocycles. The Morgan fingerprint density at radius 3 is 2.41 bits per heavy atom. The molecule has 0 saturated carbocycles. The van der Waals surface area contributed by atoms with Crippen LogP contribution in [0.5, 0.6) is 0 Å². The molecule has 2 aromatic rings. The van der Waals surface area contributed by atoms with E-state index in [2.05, 4.69) is 10.00 Å². The molecule has 10 heteroatoms. The summed E-state index contributed by atoms with van der Waals surface area (Å²) >= 11 is 5.73. The van der Waals surface area contributed by atoms with Gasteiger partial charge in [0.25, 0.3) is 0 Å². The van der Waals surface area contributed by atoms with Gasteiger partial charge in [0.1, 0.15) is 5.82 Å². The number of halogens is 5. The van der Waals surface area contributed by atoms with Gasteiger partial charge in [-0.2, -0.15) is 18.3 Å². The molecule has 0 N–H and O–H groups in total. The van der Waals surface area contributed by atoms with E-state index < -0.39 is 16.9 Å². The zero-order valence-corrected chi connectivity index (χ0v) is 16.6. The maximum absolute atomic E-state index is 13.8. The molecule has 158 valence electrons. The Kier molecular flexibility index (Phi) is 6.48. The quantitative estimate of drug-likeness (QED) is 0.676. The van der Waals surface area contributed by atoms with Gasteiger partial charge in [-0.05, 0) is 13.0 Å². The van der Waals surface area contributed by atoms with Crippen LogP contribution < -0.4 is 0 Å². The minimum atomic E-state index is -4.63. The molecule has 1 aliphatic rings. The first-order chi connectivity index (χ1) is 13.7. The van der Waals surface area contributed by atoms with Gasteiger partial charge in [0.2, 0.25) is 5.91 Å². The Labute approximate surface area is 170 Å². The number of hydrogen-bond donors (Lipinski definition) is 0. The lowest BCUT2D eigenvalue weighted by molar-refractivity contribution is -0.141. The van der Waals surface area contributed by atoms with Gasteiger partial charge in [-0.3, -0.25) is 14.4 Å². The van der Waals surface area contributed by atoms with E-state index in [1.54, 1.807) is 23.1 Å². The maximum atomic E-state index is 13.8. The standard InChI is InChI=1S/C19H21ClF4N4O/c1-13-17(20)18(19(22,23)24)25-28(13)7-6-16(29)27-10-8-26(9-11-27)12-14-4-2-3-5-15(14)21/h2-5H,6-12H2,1H3. The Morgan fingerprint density at radius 1 is 1.17 bits per heavy atom. The van der Waals surface area contributed by atoms with Crippen LogP contribution in [0, 0.1) is 12.7 Å². The smallest absolute Gasteiger partial charge is 0.340 e. The molecule has 1 aliphatic heterocycles. The van der Waals surface area contributed by atoms with E-state index in [0.717, 1.165) is 4.68 Å². The minimum absolute atomic E-state index is 0.0237. The lowest BCUT2D eigenvalue weighted by Crippen LogP contribution is -2.48. The second-order valence-electron chi connectivity index (χ2n) is 6.97. The summed E-state index contributed by atoms with van der Waals surface area (Å²) in [7, 11) is 0. The van der Waals surface area contributed by atoms with E-state index in [9.17, 15) is 22.4 Å². The predicted octanol–water partition coefficient (Wildman–Crippen LogP) is 3.74. The third-order valence-electron chi connectivity index (χ3n) is 5.02. The third kappa shape index (κ3) is 5.08. The molecule has 29 heavy (non-hydrogen) atoms. The largest absolute Gasteiger partial charge is 0.436 e. The van der Waals surface area contributed by atoms with Crippen molar-refractivity contribution < 1.29 is 22.4 Å². The number of aromatic nitrogens is 2. The number of carbonyl (C=O) groups excluding carboxylic acids is 1. The van der Waals surface area contributed by atoms with Crippen LogP contribution in [0.1, 0.15) is 23.4 Å². The van der Waals surface area contributed by atoms with E-state index >= 15 is 0 Å². The first-order valence-electron chi connectivity index (χ1n) is 9.20. The topological polar surface area (TPSA) is 41.4 Å². The Balaban J connectivity index is 1.51. The van der Waals surface area contributed by atoms with Crippen molar-refractivity contribution in [1.82, 2.24) is 19.6 Å². The number of aryl methyl sites for hydroxylation is 1. The van der Waals surface area contributed by atoms with Crippen LogP contribution in [-0.2, 0) is 24.1 Å². The first-order valence-corrected chi connectivity index (χ1v) is 9.58. The summed E-state index contributed by atoms with van der Waals surface area (Å²) in [6.45, 7) is 4.11. The SMILES string of the molecule is Cc1c(Cl)c(C(F)(F)F)nn1CCC(=O)N1CCN(Cc2ccccc2F)CC1. The molecule has 1 fully saturated rings. The molecule has 1 amide bonds. The zero-order valence-electron chi connectivity index (χ0n) is 15.8. The van der Waals surface area contributed by atoms with E-state index in [1.807, 2.05) is 0 Å². The number of carbonyl (C=O) groups is 1. The van der Waals surface area contributed by atoms with Gasteiger partial charge >= 0.3 is 6.18 Å². The van der Waals surface area contributed by atoms with Crippen molar-refractivity contribution in [2.75, 3.05) is 26.2 Å². The number of amides is 1. The summed E-state index contributed by atoms with van der Waals surface area (Å²) in [6, 6.07) is 6.58. The fraction of sp³-hybridized carbons (Fsp3) is 0.474. The number of hydrogen-bond acceptors (Lipinski definition) is 3. The highest BCUT2D eigenvalue weighted by Gasteiger charge is 2.38. The van der Waals surface area contributed by atoms with Crippen molar-refractivity contribution in [1.29, 1.82) is 0 Å². The van der Waals surface area contributed by atoms with Crippen LogP contribution in [0.3, 0.4) is 0 Å². The zero-order chi connectivity index (χ0) is 21.2.